The highest BCUT2D eigenvalue weighted by Crippen LogP contribution is 2.15. The quantitative estimate of drug-likeness (QED) is 0.577. The van der Waals surface area contributed by atoms with Gasteiger partial charge in [-0.3, -0.25) is 4.90 Å². The van der Waals surface area contributed by atoms with Crippen LogP contribution in [0.5, 0.6) is 0 Å². The lowest BCUT2D eigenvalue weighted by Gasteiger charge is -2.37. The fraction of sp³-hybridized carbons (Fsp3) is 1.00. The van der Waals surface area contributed by atoms with Crippen LogP contribution in [-0.2, 0) is 4.74 Å². The molecule has 0 aromatic carbocycles. The van der Waals surface area contributed by atoms with Gasteiger partial charge in [0.1, 0.15) is 0 Å². The van der Waals surface area contributed by atoms with Crippen molar-refractivity contribution in [3.63, 3.8) is 0 Å². The van der Waals surface area contributed by atoms with E-state index in [1.807, 2.05) is 0 Å². The van der Waals surface area contributed by atoms with Crippen molar-refractivity contribution >= 4 is 0 Å². The van der Waals surface area contributed by atoms with Gasteiger partial charge >= 0.3 is 0 Å². The summed E-state index contributed by atoms with van der Waals surface area (Å²) in [6.07, 6.45) is 2.41. The Morgan fingerprint density at radius 1 is 1.17 bits per heavy atom. The van der Waals surface area contributed by atoms with E-state index >= 15 is 0 Å². The van der Waals surface area contributed by atoms with Gasteiger partial charge in [-0.2, -0.15) is 0 Å². The molecule has 3 nitrogen and oxygen atoms in total. The summed E-state index contributed by atoms with van der Waals surface area (Å²) in [5, 5.41) is 3.53. The third kappa shape index (κ3) is 6.72. The van der Waals surface area contributed by atoms with E-state index in [1.54, 1.807) is 7.11 Å². The molecule has 0 heterocycles. The molecule has 0 aliphatic rings. The summed E-state index contributed by atoms with van der Waals surface area (Å²) < 4.78 is 5.24. The van der Waals surface area contributed by atoms with Crippen molar-refractivity contribution in [3.05, 3.63) is 0 Å². The summed E-state index contributed by atoms with van der Waals surface area (Å²) in [7, 11) is 1.78. The molecule has 0 aromatic rings. The maximum Gasteiger partial charge on any atom is 0.0589 e. The molecule has 0 aliphatic carbocycles. The molecule has 0 spiro atoms. The number of methoxy groups -OCH3 is 1. The van der Waals surface area contributed by atoms with Gasteiger partial charge in [0, 0.05) is 25.7 Å². The first-order chi connectivity index (χ1) is 8.58. The van der Waals surface area contributed by atoms with Crippen LogP contribution in [0, 0.1) is 5.92 Å². The van der Waals surface area contributed by atoms with Crippen LogP contribution in [-0.4, -0.2) is 50.3 Å². The van der Waals surface area contributed by atoms with Crippen molar-refractivity contribution in [1.82, 2.24) is 10.2 Å². The topological polar surface area (TPSA) is 24.5 Å². The van der Waals surface area contributed by atoms with Gasteiger partial charge in [0.2, 0.25) is 0 Å². The smallest absolute Gasteiger partial charge is 0.0589 e. The first kappa shape index (κ1) is 17.9. The number of nitrogens with one attached hydrogen (secondary N) is 1. The third-order valence-electron chi connectivity index (χ3n) is 3.95. The van der Waals surface area contributed by atoms with Gasteiger partial charge in [0.05, 0.1) is 6.61 Å². The summed E-state index contributed by atoms with van der Waals surface area (Å²) in [4.78, 5) is 2.59. The van der Waals surface area contributed by atoms with Crippen LogP contribution < -0.4 is 5.32 Å². The molecular weight excluding hydrogens is 224 g/mol. The van der Waals surface area contributed by atoms with Gasteiger partial charge in [-0.05, 0) is 45.7 Å². The Morgan fingerprint density at radius 3 is 2.33 bits per heavy atom. The van der Waals surface area contributed by atoms with E-state index in [2.05, 4.69) is 44.8 Å². The number of rotatable bonds is 11. The second-order valence-electron chi connectivity index (χ2n) is 5.41. The van der Waals surface area contributed by atoms with Crippen LogP contribution in [0.1, 0.15) is 47.5 Å². The molecule has 1 N–H and O–H groups in total. The van der Waals surface area contributed by atoms with Crippen molar-refractivity contribution in [2.45, 2.75) is 59.5 Å². The molecule has 3 atom stereocenters. The molecular formula is C15H34N2O. The molecule has 110 valence electrons. The van der Waals surface area contributed by atoms with Gasteiger partial charge in [-0.15, -0.1) is 0 Å². The molecule has 0 rings (SSSR count). The summed E-state index contributed by atoms with van der Waals surface area (Å²) in [5.74, 6) is 0.669. The maximum absolute atomic E-state index is 5.24. The molecule has 0 bridgehead atoms. The molecule has 0 saturated heterocycles. The number of hydrogen-bond acceptors (Lipinski definition) is 3. The Morgan fingerprint density at radius 2 is 1.83 bits per heavy atom. The second kappa shape index (κ2) is 10.8. The van der Waals surface area contributed by atoms with E-state index < -0.39 is 0 Å². The van der Waals surface area contributed by atoms with E-state index in [0.717, 1.165) is 26.2 Å². The molecule has 3 heteroatoms. The number of nitrogens with zero attached hydrogens (tertiary/aromatic N) is 1. The van der Waals surface area contributed by atoms with Crippen molar-refractivity contribution in [2.75, 3.05) is 33.4 Å². The first-order valence-corrected chi connectivity index (χ1v) is 7.53. The fourth-order valence-electron chi connectivity index (χ4n) is 2.26. The van der Waals surface area contributed by atoms with Gasteiger partial charge in [-0.1, -0.05) is 20.8 Å². The number of hydrogen-bond donors (Lipinski definition) is 1. The Bertz CT molecular complexity index is 187. The Balaban J connectivity index is 4.28. The molecule has 0 aliphatic heterocycles. The molecule has 0 amide bonds. The third-order valence-corrected chi connectivity index (χ3v) is 3.95. The molecule has 0 radical (unpaired) electrons. The van der Waals surface area contributed by atoms with E-state index in [1.165, 1.54) is 12.8 Å². The Kier molecular flexibility index (Phi) is 10.7. The highest BCUT2D eigenvalue weighted by molar-refractivity contribution is 4.78. The van der Waals surface area contributed by atoms with E-state index in [4.69, 9.17) is 4.74 Å². The zero-order valence-electron chi connectivity index (χ0n) is 13.3. The lowest BCUT2D eigenvalue weighted by atomic mass is 9.99. The second-order valence-corrected chi connectivity index (χ2v) is 5.41. The highest BCUT2D eigenvalue weighted by Gasteiger charge is 2.23. The zero-order chi connectivity index (χ0) is 14.0. The maximum atomic E-state index is 5.24. The van der Waals surface area contributed by atoms with Crippen LogP contribution in [0.3, 0.4) is 0 Å². The molecule has 0 fully saturated rings. The zero-order valence-corrected chi connectivity index (χ0v) is 13.3. The normalized spacial score (nSPS) is 16.8. The molecule has 0 aromatic heterocycles. The molecule has 0 saturated carbocycles. The average molecular weight is 258 g/mol. The largest absolute Gasteiger partial charge is 0.383 e. The van der Waals surface area contributed by atoms with E-state index in [9.17, 15) is 0 Å². The predicted octanol–water partition coefficient (Wildman–Crippen LogP) is 2.76. The SMILES string of the molecule is CCCNCC(C)C(C)N(CCOC)C(C)CC. The first-order valence-electron chi connectivity index (χ1n) is 7.53. The standard InChI is InChI=1S/C15H34N2O/c1-7-9-16-12-13(3)15(5)17(10-11-18-6)14(4)8-2/h13-16H,7-12H2,1-6H3. The van der Waals surface area contributed by atoms with Crippen LogP contribution in [0.25, 0.3) is 0 Å². The van der Waals surface area contributed by atoms with Crippen molar-refractivity contribution in [1.29, 1.82) is 0 Å². The summed E-state index contributed by atoms with van der Waals surface area (Å²) in [6, 6.07) is 1.23. The van der Waals surface area contributed by atoms with Gasteiger partial charge in [-0.25, -0.2) is 0 Å². The van der Waals surface area contributed by atoms with Crippen molar-refractivity contribution in [2.24, 2.45) is 5.92 Å². The fourth-order valence-corrected chi connectivity index (χ4v) is 2.26. The molecule has 3 unspecified atom stereocenters. The van der Waals surface area contributed by atoms with Crippen LogP contribution in [0.4, 0.5) is 0 Å². The van der Waals surface area contributed by atoms with Crippen LogP contribution in [0.15, 0.2) is 0 Å². The Labute approximate surface area is 114 Å². The minimum Gasteiger partial charge on any atom is -0.383 e. The van der Waals surface area contributed by atoms with Crippen LogP contribution in [0.2, 0.25) is 0 Å². The molecule has 18 heavy (non-hydrogen) atoms. The van der Waals surface area contributed by atoms with E-state index in [-0.39, 0.29) is 0 Å². The summed E-state index contributed by atoms with van der Waals surface area (Å²) >= 11 is 0. The minimum atomic E-state index is 0.597. The highest BCUT2D eigenvalue weighted by atomic mass is 16.5. The van der Waals surface area contributed by atoms with Gasteiger partial charge in [0.25, 0.3) is 0 Å². The summed E-state index contributed by atoms with van der Waals surface area (Å²) in [5.41, 5.74) is 0. The number of ether oxygens (including phenoxy) is 1. The van der Waals surface area contributed by atoms with Crippen molar-refractivity contribution < 1.29 is 4.74 Å². The van der Waals surface area contributed by atoms with Gasteiger partial charge < -0.3 is 10.1 Å². The lowest BCUT2D eigenvalue weighted by molar-refractivity contribution is 0.0726. The van der Waals surface area contributed by atoms with E-state index in [0.29, 0.717) is 18.0 Å². The average Bonchev–Trinajstić information content (AvgIpc) is 2.38. The predicted molar refractivity (Wildman–Crippen MR) is 80.1 cm³/mol. The minimum absolute atomic E-state index is 0.597. The van der Waals surface area contributed by atoms with Crippen molar-refractivity contribution in [3.8, 4) is 0 Å². The summed E-state index contributed by atoms with van der Waals surface area (Å²) in [6.45, 7) is 15.6. The monoisotopic (exact) mass is 258 g/mol. The van der Waals surface area contributed by atoms with Gasteiger partial charge in [0.15, 0.2) is 0 Å². The van der Waals surface area contributed by atoms with Crippen LogP contribution >= 0.6 is 0 Å². The Hall–Kier alpha value is -0.120. The lowest BCUT2D eigenvalue weighted by Crippen LogP contribution is -2.47.